The lowest BCUT2D eigenvalue weighted by molar-refractivity contribution is -0.130. The van der Waals surface area contributed by atoms with Crippen LogP contribution in [0.4, 0.5) is 0 Å². The lowest BCUT2D eigenvalue weighted by Gasteiger charge is -2.32. The number of benzene rings is 1. The first-order chi connectivity index (χ1) is 8.52. The first-order valence-corrected chi connectivity index (χ1v) is 5.99. The van der Waals surface area contributed by atoms with Crippen LogP contribution in [0, 0.1) is 0 Å². The Kier molecular flexibility index (Phi) is 3.36. The fourth-order valence-electron chi connectivity index (χ4n) is 2.41. The number of nitrogens with zero attached hydrogens (tertiary/aromatic N) is 1. The maximum absolute atomic E-state index is 11.5. The molecule has 1 aromatic rings. The summed E-state index contributed by atoms with van der Waals surface area (Å²) >= 11 is 0. The third-order valence-electron chi connectivity index (χ3n) is 3.40. The number of hydrogen-bond acceptors (Lipinski definition) is 3. The van der Waals surface area contributed by atoms with Crippen molar-refractivity contribution in [1.29, 1.82) is 0 Å². The minimum Gasteiger partial charge on any atom is -0.465 e. The molecule has 0 bridgehead atoms. The topological polar surface area (TPSA) is 46.6 Å². The Morgan fingerprint density at radius 3 is 2.72 bits per heavy atom. The number of amides is 1. The van der Waals surface area contributed by atoms with Gasteiger partial charge in [0.05, 0.1) is 12.7 Å². The van der Waals surface area contributed by atoms with Crippen LogP contribution in [0.3, 0.4) is 0 Å². The molecular weight excluding hydrogens is 230 g/mol. The van der Waals surface area contributed by atoms with Gasteiger partial charge in [0.1, 0.15) is 0 Å². The molecule has 4 nitrogen and oxygen atoms in total. The zero-order chi connectivity index (χ0) is 13.3. The summed E-state index contributed by atoms with van der Waals surface area (Å²) in [6.07, 6.45) is 0. The zero-order valence-electron chi connectivity index (χ0n) is 10.9. The summed E-state index contributed by atoms with van der Waals surface area (Å²) in [5.41, 5.74) is 2.78. The van der Waals surface area contributed by atoms with E-state index < -0.39 is 0 Å². The van der Waals surface area contributed by atoms with Crippen molar-refractivity contribution in [2.45, 2.75) is 26.3 Å². The maximum Gasteiger partial charge on any atom is 0.337 e. The van der Waals surface area contributed by atoms with Crippen molar-refractivity contribution in [2.24, 2.45) is 0 Å². The minimum absolute atomic E-state index is 0.0657. The summed E-state index contributed by atoms with van der Waals surface area (Å²) in [4.78, 5) is 24.8. The second-order valence-corrected chi connectivity index (χ2v) is 4.71. The average Bonchev–Trinajstić information content (AvgIpc) is 2.36. The van der Waals surface area contributed by atoms with Crippen LogP contribution in [0.15, 0.2) is 18.2 Å². The van der Waals surface area contributed by atoms with Crippen LogP contribution in [-0.4, -0.2) is 30.4 Å². The molecule has 0 aliphatic carbocycles. The van der Waals surface area contributed by atoms with E-state index in [0.717, 1.165) is 12.1 Å². The highest BCUT2D eigenvalue weighted by molar-refractivity contribution is 5.89. The Labute approximate surface area is 107 Å². The summed E-state index contributed by atoms with van der Waals surface area (Å²) in [6.45, 7) is 4.97. The molecule has 1 aromatic carbocycles. The minimum atomic E-state index is -0.342. The van der Waals surface area contributed by atoms with E-state index in [9.17, 15) is 9.59 Å². The van der Waals surface area contributed by atoms with Gasteiger partial charge in [-0.2, -0.15) is 0 Å². The highest BCUT2D eigenvalue weighted by Crippen LogP contribution is 2.28. The van der Waals surface area contributed by atoms with Crippen LogP contribution >= 0.6 is 0 Å². The van der Waals surface area contributed by atoms with Gasteiger partial charge in [0.2, 0.25) is 5.91 Å². The van der Waals surface area contributed by atoms with Gasteiger partial charge in [-0.1, -0.05) is 13.0 Å². The van der Waals surface area contributed by atoms with Gasteiger partial charge in [-0.05, 0) is 29.2 Å². The van der Waals surface area contributed by atoms with Gasteiger partial charge >= 0.3 is 5.97 Å². The molecule has 4 heteroatoms. The molecule has 1 heterocycles. The Morgan fingerprint density at radius 1 is 1.39 bits per heavy atom. The van der Waals surface area contributed by atoms with E-state index in [1.807, 2.05) is 12.1 Å². The third-order valence-corrected chi connectivity index (χ3v) is 3.40. The van der Waals surface area contributed by atoms with Crippen molar-refractivity contribution in [1.82, 2.24) is 4.90 Å². The van der Waals surface area contributed by atoms with Gasteiger partial charge in [0, 0.05) is 20.0 Å². The number of rotatable bonds is 1. The van der Waals surface area contributed by atoms with Crippen LogP contribution < -0.4 is 0 Å². The first kappa shape index (κ1) is 12.6. The molecule has 1 amide bonds. The highest BCUT2D eigenvalue weighted by Gasteiger charge is 2.24. The molecular formula is C14H17NO3. The molecule has 0 spiro atoms. The van der Waals surface area contributed by atoms with Crippen molar-refractivity contribution >= 4 is 11.9 Å². The second-order valence-electron chi connectivity index (χ2n) is 4.71. The molecule has 96 valence electrons. The van der Waals surface area contributed by atoms with Gasteiger partial charge in [-0.25, -0.2) is 4.79 Å². The molecule has 1 aliphatic rings. The standard InChI is InChI=1S/C14H17NO3/c1-9-7-15(10(2)16)8-12-6-11(14(17)18-3)4-5-13(9)12/h4-6,9H,7-8H2,1-3H3. The Bertz CT molecular complexity index is 496. The smallest absolute Gasteiger partial charge is 0.337 e. The fraction of sp³-hybridized carbons (Fsp3) is 0.429. The fourth-order valence-corrected chi connectivity index (χ4v) is 2.41. The normalized spacial score (nSPS) is 18.2. The van der Waals surface area contributed by atoms with E-state index in [2.05, 4.69) is 6.92 Å². The molecule has 18 heavy (non-hydrogen) atoms. The Morgan fingerprint density at radius 2 is 2.11 bits per heavy atom. The number of methoxy groups -OCH3 is 1. The van der Waals surface area contributed by atoms with Crippen LogP contribution in [0.1, 0.15) is 41.3 Å². The van der Waals surface area contributed by atoms with E-state index in [-0.39, 0.29) is 11.9 Å². The van der Waals surface area contributed by atoms with Gasteiger partial charge in [0.15, 0.2) is 0 Å². The number of carbonyl (C=O) groups is 2. The van der Waals surface area contributed by atoms with Crippen LogP contribution in [0.2, 0.25) is 0 Å². The van der Waals surface area contributed by atoms with Crippen LogP contribution in [-0.2, 0) is 16.1 Å². The lowest BCUT2D eigenvalue weighted by atomic mass is 9.90. The lowest BCUT2D eigenvalue weighted by Crippen LogP contribution is -2.36. The quantitative estimate of drug-likeness (QED) is 0.712. The maximum atomic E-state index is 11.5. The molecule has 0 aromatic heterocycles. The molecule has 0 saturated heterocycles. The SMILES string of the molecule is COC(=O)c1ccc2c(c1)CN(C(C)=O)CC2C. The van der Waals surface area contributed by atoms with Gasteiger partial charge in [-0.15, -0.1) is 0 Å². The molecule has 1 unspecified atom stereocenters. The monoisotopic (exact) mass is 247 g/mol. The van der Waals surface area contributed by atoms with Crippen molar-refractivity contribution in [3.05, 3.63) is 34.9 Å². The van der Waals surface area contributed by atoms with Crippen molar-refractivity contribution in [3.63, 3.8) is 0 Å². The van der Waals surface area contributed by atoms with Crippen LogP contribution in [0.5, 0.6) is 0 Å². The second kappa shape index (κ2) is 4.80. The highest BCUT2D eigenvalue weighted by atomic mass is 16.5. The zero-order valence-corrected chi connectivity index (χ0v) is 10.9. The Balaban J connectivity index is 2.36. The molecule has 0 saturated carbocycles. The number of carbonyl (C=O) groups excluding carboxylic acids is 2. The number of ether oxygens (including phenoxy) is 1. The molecule has 0 radical (unpaired) electrons. The summed E-state index contributed by atoms with van der Waals surface area (Å²) in [5.74, 6) is 0.0192. The van der Waals surface area contributed by atoms with Crippen molar-refractivity contribution in [3.8, 4) is 0 Å². The summed E-state index contributed by atoms with van der Waals surface area (Å²) in [6, 6.07) is 5.57. The molecule has 0 N–H and O–H groups in total. The van der Waals surface area contributed by atoms with Gasteiger partial charge in [0.25, 0.3) is 0 Å². The number of fused-ring (bicyclic) bond motifs is 1. The van der Waals surface area contributed by atoms with Crippen molar-refractivity contribution < 1.29 is 14.3 Å². The van der Waals surface area contributed by atoms with E-state index in [4.69, 9.17) is 4.74 Å². The van der Waals surface area contributed by atoms with E-state index >= 15 is 0 Å². The van der Waals surface area contributed by atoms with Gasteiger partial charge in [-0.3, -0.25) is 4.79 Å². The predicted octanol–water partition coefficient (Wildman–Crippen LogP) is 1.94. The van der Waals surface area contributed by atoms with Crippen LogP contribution in [0.25, 0.3) is 0 Å². The predicted molar refractivity (Wildman–Crippen MR) is 67.3 cm³/mol. The molecule has 0 fully saturated rings. The largest absolute Gasteiger partial charge is 0.465 e. The third kappa shape index (κ3) is 2.23. The number of hydrogen-bond donors (Lipinski definition) is 0. The summed E-state index contributed by atoms with van der Waals surface area (Å²) in [5, 5.41) is 0. The van der Waals surface area contributed by atoms with E-state index in [1.165, 1.54) is 12.7 Å². The average molecular weight is 247 g/mol. The molecule has 1 atom stereocenters. The molecule has 1 aliphatic heterocycles. The Hall–Kier alpha value is -1.84. The molecule has 2 rings (SSSR count). The first-order valence-electron chi connectivity index (χ1n) is 5.99. The van der Waals surface area contributed by atoms with Gasteiger partial charge < -0.3 is 9.64 Å². The van der Waals surface area contributed by atoms with E-state index in [1.54, 1.807) is 17.9 Å². The number of esters is 1. The summed E-state index contributed by atoms with van der Waals surface area (Å²) < 4.78 is 4.71. The van der Waals surface area contributed by atoms with E-state index in [0.29, 0.717) is 18.0 Å². The summed E-state index contributed by atoms with van der Waals surface area (Å²) in [7, 11) is 1.37. The van der Waals surface area contributed by atoms with Crippen molar-refractivity contribution in [2.75, 3.05) is 13.7 Å².